The van der Waals surface area contributed by atoms with Crippen LogP contribution in [0.4, 0.5) is 0 Å². The van der Waals surface area contributed by atoms with E-state index in [1.807, 2.05) is 0 Å². The number of benzene rings is 1. The Morgan fingerprint density at radius 2 is 2.05 bits per heavy atom. The second-order valence-corrected chi connectivity index (χ2v) is 6.06. The molecule has 0 bridgehead atoms. The van der Waals surface area contributed by atoms with Crippen LogP contribution in [0.15, 0.2) is 28.7 Å². The maximum absolute atomic E-state index is 4.72. The molecule has 0 spiro atoms. The SMILES string of the molecule is Cc1[nH]c(CCNC2CC2)nc1-c1ccc(Br)cc1. The van der Waals surface area contributed by atoms with E-state index in [1.54, 1.807) is 0 Å². The van der Waals surface area contributed by atoms with Gasteiger partial charge >= 0.3 is 0 Å². The van der Waals surface area contributed by atoms with Crippen molar-refractivity contribution in [2.45, 2.75) is 32.2 Å². The van der Waals surface area contributed by atoms with E-state index in [-0.39, 0.29) is 0 Å². The molecule has 0 amide bonds. The molecular formula is C15H18BrN3. The number of imidazole rings is 1. The van der Waals surface area contributed by atoms with Crippen LogP contribution in [0, 0.1) is 6.92 Å². The minimum atomic E-state index is 0.766. The quantitative estimate of drug-likeness (QED) is 0.886. The second kappa shape index (κ2) is 5.47. The molecule has 1 aromatic carbocycles. The van der Waals surface area contributed by atoms with Gasteiger partial charge in [0.15, 0.2) is 0 Å². The summed E-state index contributed by atoms with van der Waals surface area (Å²) in [5, 5.41) is 3.51. The van der Waals surface area contributed by atoms with Crippen molar-refractivity contribution in [3.8, 4) is 11.3 Å². The van der Waals surface area contributed by atoms with E-state index in [0.29, 0.717) is 0 Å². The van der Waals surface area contributed by atoms with Crippen LogP contribution in [0.1, 0.15) is 24.4 Å². The Balaban J connectivity index is 1.70. The first-order valence-corrected chi connectivity index (χ1v) is 7.56. The van der Waals surface area contributed by atoms with Gasteiger partial charge in [0.25, 0.3) is 0 Å². The van der Waals surface area contributed by atoms with Crippen LogP contribution in [-0.4, -0.2) is 22.6 Å². The van der Waals surface area contributed by atoms with Crippen LogP contribution in [0.3, 0.4) is 0 Å². The second-order valence-electron chi connectivity index (χ2n) is 5.14. The number of halogens is 1. The summed E-state index contributed by atoms with van der Waals surface area (Å²) in [6.45, 7) is 3.10. The molecule has 0 unspecified atom stereocenters. The molecule has 3 rings (SSSR count). The average Bonchev–Trinajstić information content (AvgIpc) is 3.14. The fourth-order valence-corrected chi connectivity index (χ4v) is 2.48. The van der Waals surface area contributed by atoms with E-state index >= 15 is 0 Å². The van der Waals surface area contributed by atoms with Gasteiger partial charge in [0.1, 0.15) is 5.82 Å². The zero-order valence-electron chi connectivity index (χ0n) is 11.0. The number of aryl methyl sites for hydroxylation is 1. The van der Waals surface area contributed by atoms with Crippen molar-refractivity contribution in [2.24, 2.45) is 0 Å². The van der Waals surface area contributed by atoms with Gasteiger partial charge in [-0.2, -0.15) is 0 Å². The Bertz CT molecular complexity index is 555. The Labute approximate surface area is 122 Å². The number of aromatic amines is 1. The van der Waals surface area contributed by atoms with Crippen LogP contribution >= 0.6 is 15.9 Å². The number of rotatable bonds is 5. The zero-order valence-corrected chi connectivity index (χ0v) is 12.6. The number of hydrogen-bond donors (Lipinski definition) is 2. The monoisotopic (exact) mass is 319 g/mol. The standard InChI is InChI=1S/C15H18BrN3/c1-10-15(11-2-4-12(16)5-3-11)19-14(18-10)8-9-17-13-6-7-13/h2-5,13,17H,6-9H2,1H3,(H,18,19). The molecule has 0 radical (unpaired) electrons. The van der Waals surface area contributed by atoms with E-state index in [0.717, 1.165) is 40.7 Å². The average molecular weight is 320 g/mol. The predicted octanol–water partition coefficient (Wildman–Crippen LogP) is 3.44. The molecular weight excluding hydrogens is 302 g/mol. The molecule has 1 heterocycles. The highest BCUT2D eigenvalue weighted by Crippen LogP contribution is 2.23. The minimum Gasteiger partial charge on any atom is -0.346 e. The van der Waals surface area contributed by atoms with Gasteiger partial charge in [-0.05, 0) is 31.9 Å². The van der Waals surface area contributed by atoms with Gasteiger partial charge in [-0.1, -0.05) is 28.1 Å². The van der Waals surface area contributed by atoms with Crippen molar-refractivity contribution >= 4 is 15.9 Å². The first-order valence-electron chi connectivity index (χ1n) is 6.77. The molecule has 3 nitrogen and oxygen atoms in total. The Hall–Kier alpha value is -1.13. The summed E-state index contributed by atoms with van der Waals surface area (Å²) < 4.78 is 1.10. The maximum atomic E-state index is 4.72. The van der Waals surface area contributed by atoms with Gasteiger partial charge in [0.2, 0.25) is 0 Å². The first-order chi connectivity index (χ1) is 9.22. The number of nitrogens with zero attached hydrogens (tertiary/aromatic N) is 1. The van der Waals surface area contributed by atoms with Gasteiger partial charge < -0.3 is 10.3 Å². The number of hydrogen-bond acceptors (Lipinski definition) is 2. The molecule has 4 heteroatoms. The van der Waals surface area contributed by atoms with Crippen LogP contribution in [0.2, 0.25) is 0 Å². The molecule has 100 valence electrons. The Kier molecular flexibility index (Phi) is 3.71. The lowest BCUT2D eigenvalue weighted by molar-refractivity contribution is 0.669. The van der Waals surface area contributed by atoms with Crippen LogP contribution in [0.5, 0.6) is 0 Å². The van der Waals surface area contributed by atoms with Crippen molar-refractivity contribution in [1.29, 1.82) is 0 Å². The molecule has 19 heavy (non-hydrogen) atoms. The fraction of sp³-hybridized carbons (Fsp3) is 0.400. The predicted molar refractivity (Wildman–Crippen MR) is 81.2 cm³/mol. The van der Waals surface area contributed by atoms with Crippen LogP contribution in [-0.2, 0) is 6.42 Å². The summed E-state index contributed by atoms with van der Waals surface area (Å²) in [5.41, 5.74) is 3.37. The molecule has 0 saturated heterocycles. The third-order valence-electron chi connectivity index (χ3n) is 3.42. The van der Waals surface area contributed by atoms with E-state index in [2.05, 4.69) is 57.4 Å². The lowest BCUT2D eigenvalue weighted by Crippen LogP contribution is -2.19. The van der Waals surface area contributed by atoms with Gasteiger partial charge in [0.05, 0.1) is 5.69 Å². The number of aromatic nitrogens is 2. The van der Waals surface area contributed by atoms with Crippen molar-refractivity contribution in [3.63, 3.8) is 0 Å². The molecule has 1 saturated carbocycles. The third-order valence-corrected chi connectivity index (χ3v) is 3.95. The first kappa shape index (κ1) is 12.9. The van der Waals surface area contributed by atoms with Crippen molar-refractivity contribution in [3.05, 3.63) is 40.3 Å². The van der Waals surface area contributed by atoms with E-state index < -0.39 is 0 Å². The molecule has 1 aromatic heterocycles. The fourth-order valence-electron chi connectivity index (χ4n) is 2.21. The highest BCUT2D eigenvalue weighted by molar-refractivity contribution is 9.10. The minimum absolute atomic E-state index is 0.766. The molecule has 2 aromatic rings. The summed E-state index contributed by atoms with van der Waals surface area (Å²) in [6, 6.07) is 9.07. The summed E-state index contributed by atoms with van der Waals surface area (Å²) in [6.07, 6.45) is 3.64. The summed E-state index contributed by atoms with van der Waals surface area (Å²) in [4.78, 5) is 8.11. The van der Waals surface area contributed by atoms with Crippen LogP contribution < -0.4 is 5.32 Å². The van der Waals surface area contributed by atoms with E-state index in [4.69, 9.17) is 4.98 Å². The van der Waals surface area contributed by atoms with E-state index in [1.165, 1.54) is 18.4 Å². The number of H-pyrrole nitrogens is 1. The molecule has 1 aliphatic carbocycles. The normalized spacial score (nSPS) is 14.8. The van der Waals surface area contributed by atoms with Gasteiger partial charge in [0, 0.05) is 34.7 Å². The maximum Gasteiger partial charge on any atom is 0.108 e. The van der Waals surface area contributed by atoms with Gasteiger partial charge in [-0.3, -0.25) is 0 Å². The zero-order chi connectivity index (χ0) is 13.2. The van der Waals surface area contributed by atoms with E-state index in [9.17, 15) is 0 Å². The van der Waals surface area contributed by atoms with Gasteiger partial charge in [-0.15, -0.1) is 0 Å². The lowest BCUT2D eigenvalue weighted by Gasteiger charge is -1.99. The number of nitrogens with one attached hydrogen (secondary N) is 2. The molecule has 2 N–H and O–H groups in total. The summed E-state index contributed by atoms with van der Waals surface area (Å²) >= 11 is 3.46. The van der Waals surface area contributed by atoms with Crippen molar-refractivity contribution < 1.29 is 0 Å². The van der Waals surface area contributed by atoms with Crippen molar-refractivity contribution in [2.75, 3.05) is 6.54 Å². The Morgan fingerprint density at radius 3 is 2.74 bits per heavy atom. The van der Waals surface area contributed by atoms with Crippen molar-refractivity contribution in [1.82, 2.24) is 15.3 Å². The smallest absolute Gasteiger partial charge is 0.108 e. The highest BCUT2D eigenvalue weighted by Gasteiger charge is 2.20. The third kappa shape index (κ3) is 3.25. The lowest BCUT2D eigenvalue weighted by atomic mass is 10.1. The molecule has 1 aliphatic rings. The molecule has 1 fully saturated rings. The molecule has 0 aliphatic heterocycles. The summed E-state index contributed by atoms with van der Waals surface area (Å²) in [5.74, 6) is 1.07. The molecule has 0 atom stereocenters. The van der Waals surface area contributed by atoms with Crippen LogP contribution in [0.25, 0.3) is 11.3 Å². The largest absolute Gasteiger partial charge is 0.346 e. The summed E-state index contributed by atoms with van der Waals surface area (Å²) in [7, 11) is 0. The topological polar surface area (TPSA) is 40.7 Å². The highest BCUT2D eigenvalue weighted by atomic mass is 79.9. The van der Waals surface area contributed by atoms with Gasteiger partial charge in [-0.25, -0.2) is 4.98 Å². The Morgan fingerprint density at radius 1 is 1.32 bits per heavy atom.